The number of morpholine rings is 1. The molecular formula is C29H37NO5. The first-order chi connectivity index (χ1) is 17.0. The second-order valence-corrected chi connectivity index (χ2v) is 9.42. The summed E-state index contributed by atoms with van der Waals surface area (Å²) < 4.78 is 24.6. The molecular weight excluding hydrogens is 442 g/mol. The fourth-order valence-corrected chi connectivity index (χ4v) is 5.00. The Morgan fingerprint density at radius 2 is 1.83 bits per heavy atom. The zero-order valence-corrected chi connectivity index (χ0v) is 21.2. The van der Waals surface area contributed by atoms with Crippen molar-refractivity contribution in [3.8, 4) is 5.75 Å². The molecule has 2 aliphatic rings. The van der Waals surface area contributed by atoms with Crippen LogP contribution in [0.4, 0.5) is 0 Å². The van der Waals surface area contributed by atoms with E-state index in [4.69, 9.17) is 18.9 Å². The van der Waals surface area contributed by atoms with Gasteiger partial charge in [-0.2, -0.15) is 0 Å². The smallest absolute Gasteiger partial charge is 0.257 e. The van der Waals surface area contributed by atoms with Crippen LogP contribution in [-0.4, -0.2) is 55.4 Å². The molecule has 0 saturated carbocycles. The standard InChI is InChI=1S/C29H37NO5/c1-5-26-29(28(31)30(3)21(2)27(35-29)23-11-7-6-8-12-23)18-10-9-13-25(34-26)20-33-19-22-14-16-24(32-4)17-15-22/h6-12,14-17,21,25-27H,5,13,18-20H2,1-4H3/b10-9-/t21-,25+,26+,27-,29-/m0/s1. The number of nitrogens with zero attached hydrogens (tertiary/aromatic N) is 1. The predicted molar refractivity (Wildman–Crippen MR) is 135 cm³/mol. The van der Waals surface area contributed by atoms with Crippen LogP contribution in [0.1, 0.15) is 50.3 Å². The van der Waals surface area contributed by atoms with Crippen molar-refractivity contribution in [3.05, 3.63) is 77.9 Å². The molecule has 1 saturated heterocycles. The molecule has 4 rings (SSSR count). The minimum atomic E-state index is -1.07. The summed E-state index contributed by atoms with van der Waals surface area (Å²) in [7, 11) is 3.53. The average Bonchev–Trinajstić information content (AvgIpc) is 2.89. The van der Waals surface area contributed by atoms with Crippen molar-refractivity contribution in [2.75, 3.05) is 20.8 Å². The van der Waals surface area contributed by atoms with Crippen molar-refractivity contribution >= 4 is 5.91 Å². The summed E-state index contributed by atoms with van der Waals surface area (Å²) in [5, 5.41) is 0. The fourth-order valence-electron chi connectivity index (χ4n) is 5.00. The Balaban J connectivity index is 1.50. The molecule has 35 heavy (non-hydrogen) atoms. The number of rotatable bonds is 7. The Morgan fingerprint density at radius 1 is 1.09 bits per heavy atom. The normalized spacial score (nSPS) is 30.1. The fraction of sp³-hybridized carbons (Fsp3) is 0.483. The summed E-state index contributed by atoms with van der Waals surface area (Å²) in [6.45, 7) is 5.02. The number of hydrogen-bond donors (Lipinski definition) is 0. The minimum Gasteiger partial charge on any atom is -0.497 e. The third-order valence-electron chi connectivity index (χ3n) is 7.16. The molecule has 2 aromatic rings. The highest BCUT2D eigenvalue weighted by atomic mass is 16.6. The molecule has 0 aromatic heterocycles. The minimum absolute atomic E-state index is 0.0199. The zero-order chi connectivity index (χ0) is 24.8. The number of carbonyl (C=O) groups excluding carboxylic acids is 1. The van der Waals surface area contributed by atoms with E-state index < -0.39 is 5.60 Å². The van der Waals surface area contributed by atoms with Crippen LogP contribution in [0.2, 0.25) is 0 Å². The van der Waals surface area contributed by atoms with Gasteiger partial charge in [-0.1, -0.05) is 61.5 Å². The maximum Gasteiger partial charge on any atom is 0.257 e. The van der Waals surface area contributed by atoms with Gasteiger partial charge in [0.1, 0.15) is 11.9 Å². The van der Waals surface area contributed by atoms with Crippen LogP contribution < -0.4 is 4.74 Å². The lowest BCUT2D eigenvalue weighted by molar-refractivity contribution is -0.234. The van der Waals surface area contributed by atoms with E-state index in [1.165, 1.54) is 0 Å². The van der Waals surface area contributed by atoms with Crippen molar-refractivity contribution in [1.82, 2.24) is 4.90 Å². The van der Waals surface area contributed by atoms with E-state index in [1.54, 1.807) is 7.11 Å². The van der Waals surface area contributed by atoms with E-state index in [2.05, 4.69) is 31.2 Å². The number of benzene rings is 2. The van der Waals surface area contributed by atoms with Gasteiger partial charge in [-0.05, 0) is 43.0 Å². The van der Waals surface area contributed by atoms with Crippen LogP contribution in [0.3, 0.4) is 0 Å². The Labute approximate surface area is 208 Å². The summed E-state index contributed by atoms with van der Waals surface area (Å²) in [6.07, 6.45) is 5.28. The molecule has 0 aliphatic carbocycles. The third-order valence-corrected chi connectivity index (χ3v) is 7.16. The van der Waals surface area contributed by atoms with Crippen molar-refractivity contribution in [2.45, 2.75) is 69.7 Å². The van der Waals surface area contributed by atoms with Gasteiger partial charge in [0, 0.05) is 13.5 Å². The average molecular weight is 480 g/mol. The lowest BCUT2D eigenvalue weighted by atomic mass is 9.83. The first-order valence-electron chi connectivity index (χ1n) is 12.5. The van der Waals surface area contributed by atoms with Crippen molar-refractivity contribution in [1.29, 1.82) is 0 Å². The zero-order valence-electron chi connectivity index (χ0n) is 21.2. The second kappa shape index (κ2) is 11.4. The highest BCUT2D eigenvalue weighted by Crippen LogP contribution is 2.42. The molecule has 1 spiro atoms. The van der Waals surface area contributed by atoms with Gasteiger partial charge in [-0.15, -0.1) is 0 Å². The summed E-state index contributed by atoms with van der Waals surface area (Å²) in [6, 6.07) is 17.9. The van der Waals surface area contributed by atoms with E-state index in [9.17, 15) is 4.79 Å². The molecule has 2 heterocycles. The van der Waals surface area contributed by atoms with Gasteiger partial charge in [0.05, 0.1) is 38.6 Å². The molecule has 5 atom stereocenters. The van der Waals surface area contributed by atoms with Gasteiger partial charge in [0.25, 0.3) is 5.91 Å². The Bertz CT molecular complexity index is 992. The number of carbonyl (C=O) groups is 1. The van der Waals surface area contributed by atoms with Gasteiger partial charge in [-0.25, -0.2) is 0 Å². The molecule has 2 aromatic carbocycles. The van der Waals surface area contributed by atoms with Gasteiger partial charge in [0.15, 0.2) is 5.60 Å². The van der Waals surface area contributed by atoms with Gasteiger partial charge >= 0.3 is 0 Å². The van der Waals surface area contributed by atoms with E-state index >= 15 is 0 Å². The SMILES string of the molecule is CC[C@H]1O[C@@H](COCc2ccc(OC)cc2)C/C=C\C[C@]12O[C@H](c1ccccc1)[C@H](C)N(C)C2=O. The second-order valence-electron chi connectivity index (χ2n) is 9.42. The molecule has 0 N–H and O–H groups in total. The van der Waals surface area contributed by atoms with E-state index in [0.29, 0.717) is 26.1 Å². The lowest BCUT2D eigenvalue weighted by Gasteiger charge is -2.51. The van der Waals surface area contributed by atoms with Crippen molar-refractivity contribution in [2.24, 2.45) is 0 Å². The molecule has 0 radical (unpaired) electrons. The highest BCUT2D eigenvalue weighted by molar-refractivity contribution is 5.87. The van der Waals surface area contributed by atoms with Crippen LogP contribution >= 0.6 is 0 Å². The van der Waals surface area contributed by atoms with Gasteiger partial charge < -0.3 is 23.8 Å². The molecule has 6 nitrogen and oxygen atoms in total. The lowest BCUT2D eigenvalue weighted by Crippen LogP contribution is -2.65. The molecule has 1 amide bonds. The Hall–Kier alpha value is -2.67. The molecule has 1 fully saturated rings. The summed E-state index contributed by atoms with van der Waals surface area (Å²) in [4.78, 5) is 15.6. The molecule has 188 valence electrons. The van der Waals surface area contributed by atoms with Crippen molar-refractivity contribution < 1.29 is 23.7 Å². The number of hydrogen-bond acceptors (Lipinski definition) is 5. The summed E-state index contributed by atoms with van der Waals surface area (Å²) >= 11 is 0. The third kappa shape index (κ3) is 5.45. The number of likely N-dealkylation sites (N-methyl/N-ethyl adjacent to an activating group) is 1. The Morgan fingerprint density at radius 3 is 2.51 bits per heavy atom. The number of amides is 1. The highest BCUT2D eigenvalue weighted by Gasteiger charge is 2.55. The van der Waals surface area contributed by atoms with E-state index in [0.717, 1.165) is 23.3 Å². The monoisotopic (exact) mass is 479 g/mol. The molecule has 0 bridgehead atoms. The summed E-state index contributed by atoms with van der Waals surface area (Å²) in [5.41, 5.74) is 1.07. The number of ether oxygens (including phenoxy) is 4. The predicted octanol–water partition coefficient (Wildman–Crippen LogP) is 5.08. The van der Waals surface area contributed by atoms with E-state index in [1.807, 2.05) is 61.3 Å². The Kier molecular flexibility index (Phi) is 8.26. The maximum absolute atomic E-state index is 13.7. The van der Waals surface area contributed by atoms with Crippen LogP contribution in [-0.2, 0) is 25.6 Å². The number of methoxy groups -OCH3 is 1. The van der Waals surface area contributed by atoms with Crippen LogP contribution in [0, 0.1) is 0 Å². The van der Waals surface area contributed by atoms with Crippen molar-refractivity contribution in [3.63, 3.8) is 0 Å². The molecule has 2 aliphatic heterocycles. The first-order valence-corrected chi connectivity index (χ1v) is 12.5. The maximum atomic E-state index is 13.7. The molecule has 6 heteroatoms. The first kappa shape index (κ1) is 25.4. The van der Waals surface area contributed by atoms with Gasteiger partial charge in [-0.3, -0.25) is 4.79 Å². The van der Waals surface area contributed by atoms with E-state index in [-0.39, 0.29) is 30.3 Å². The van der Waals surface area contributed by atoms with Gasteiger partial charge in [0.2, 0.25) is 0 Å². The molecule has 0 unspecified atom stereocenters. The largest absolute Gasteiger partial charge is 0.497 e. The summed E-state index contributed by atoms with van der Waals surface area (Å²) in [5.74, 6) is 0.803. The topological polar surface area (TPSA) is 57.2 Å². The van der Waals surface area contributed by atoms with Crippen LogP contribution in [0.5, 0.6) is 5.75 Å². The quantitative estimate of drug-likeness (QED) is 0.518. The van der Waals surface area contributed by atoms with Crippen LogP contribution in [0.15, 0.2) is 66.7 Å². The van der Waals surface area contributed by atoms with Crippen LogP contribution in [0.25, 0.3) is 0 Å².